The lowest BCUT2D eigenvalue weighted by atomic mass is 10.1. The standard InChI is InChI=1S/C19H21N5/c20-19(23-16-9-10-16)21-11-14-5-7-15(8-6-14)12-24-13-22-17-3-1-2-4-18(17)24/h1-8,13,16H,9-12H2,(H3,20,21,23). The van der Waals surface area contributed by atoms with E-state index < -0.39 is 0 Å². The maximum absolute atomic E-state index is 5.86. The van der Waals surface area contributed by atoms with Gasteiger partial charge in [-0.2, -0.15) is 0 Å². The van der Waals surface area contributed by atoms with Crippen molar-refractivity contribution in [1.82, 2.24) is 14.9 Å². The predicted molar refractivity (Wildman–Crippen MR) is 96.8 cm³/mol. The van der Waals surface area contributed by atoms with Gasteiger partial charge >= 0.3 is 0 Å². The van der Waals surface area contributed by atoms with Crippen molar-refractivity contribution in [2.45, 2.75) is 32.0 Å². The molecule has 0 aliphatic heterocycles. The van der Waals surface area contributed by atoms with Crippen LogP contribution in [0.15, 0.2) is 59.9 Å². The number of hydrogen-bond acceptors (Lipinski definition) is 2. The summed E-state index contributed by atoms with van der Waals surface area (Å²) in [5, 5.41) is 3.20. The molecule has 3 N–H and O–H groups in total. The molecule has 5 heteroatoms. The summed E-state index contributed by atoms with van der Waals surface area (Å²) in [5.74, 6) is 0.548. The number of guanidine groups is 1. The zero-order chi connectivity index (χ0) is 16.4. The van der Waals surface area contributed by atoms with Gasteiger partial charge in [-0.15, -0.1) is 0 Å². The number of rotatable bonds is 5. The second-order valence-electron chi connectivity index (χ2n) is 6.30. The number of nitrogens with two attached hydrogens (primary N) is 1. The maximum Gasteiger partial charge on any atom is 0.189 e. The van der Waals surface area contributed by atoms with Crippen LogP contribution in [0.3, 0.4) is 0 Å². The third-order valence-electron chi connectivity index (χ3n) is 4.26. The Labute approximate surface area is 141 Å². The third kappa shape index (κ3) is 3.40. The number of aromatic nitrogens is 2. The molecular weight excluding hydrogens is 298 g/mol. The second-order valence-corrected chi connectivity index (χ2v) is 6.30. The summed E-state index contributed by atoms with van der Waals surface area (Å²) in [6.07, 6.45) is 4.30. The van der Waals surface area contributed by atoms with Gasteiger partial charge < -0.3 is 15.6 Å². The average Bonchev–Trinajstić information content (AvgIpc) is 3.33. The minimum absolute atomic E-state index is 0.543. The van der Waals surface area contributed by atoms with Gasteiger partial charge in [0.25, 0.3) is 0 Å². The van der Waals surface area contributed by atoms with Crippen molar-refractivity contribution in [3.63, 3.8) is 0 Å². The Hall–Kier alpha value is -2.82. The van der Waals surface area contributed by atoms with E-state index in [0.29, 0.717) is 18.5 Å². The second kappa shape index (κ2) is 6.35. The molecule has 4 rings (SSSR count). The van der Waals surface area contributed by atoms with Gasteiger partial charge in [-0.25, -0.2) is 9.98 Å². The van der Waals surface area contributed by atoms with E-state index in [4.69, 9.17) is 5.73 Å². The van der Waals surface area contributed by atoms with Crippen molar-refractivity contribution in [3.8, 4) is 0 Å². The highest BCUT2D eigenvalue weighted by molar-refractivity contribution is 5.78. The van der Waals surface area contributed by atoms with Gasteiger partial charge in [0, 0.05) is 12.6 Å². The van der Waals surface area contributed by atoms with Crippen molar-refractivity contribution >= 4 is 17.0 Å². The molecule has 1 aliphatic carbocycles. The molecule has 5 nitrogen and oxygen atoms in total. The van der Waals surface area contributed by atoms with Crippen LogP contribution in [0.2, 0.25) is 0 Å². The highest BCUT2D eigenvalue weighted by Gasteiger charge is 2.21. The summed E-state index contributed by atoms with van der Waals surface area (Å²) < 4.78 is 2.17. The van der Waals surface area contributed by atoms with Gasteiger partial charge in [-0.1, -0.05) is 36.4 Å². The lowest BCUT2D eigenvalue weighted by Crippen LogP contribution is -2.33. The van der Waals surface area contributed by atoms with Crippen LogP contribution in [-0.2, 0) is 13.1 Å². The minimum Gasteiger partial charge on any atom is -0.370 e. The quantitative estimate of drug-likeness (QED) is 0.561. The molecule has 1 saturated carbocycles. The minimum atomic E-state index is 0.543. The maximum atomic E-state index is 5.86. The van der Waals surface area contributed by atoms with Crippen molar-refractivity contribution in [2.24, 2.45) is 10.7 Å². The molecule has 3 aromatic rings. The molecule has 0 amide bonds. The first-order valence-corrected chi connectivity index (χ1v) is 8.32. The van der Waals surface area contributed by atoms with Gasteiger partial charge in [-0.05, 0) is 36.1 Å². The van der Waals surface area contributed by atoms with Crippen molar-refractivity contribution in [2.75, 3.05) is 0 Å². The molecule has 24 heavy (non-hydrogen) atoms. The summed E-state index contributed by atoms with van der Waals surface area (Å²) in [5.41, 5.74) is 10.5. The van der Waals surface area contributed by atoms with Gasteiger partial charge in [0.05, 0.1) is 23.9 Å². The molecule has 0 bridgehead atoms. The number of nitrogens with zero attached hydrogens (tertiary/aromatic N) is 3. The molecule has 0 unspecified atom stereocenters. The van der Waals surface area contributed by atoms with Crippen LogP contribution in [0.5, 0.6) is 0 Å². The van der Waals surface area contributed by atoms with Crippen LogP contribution in [0, 0.1) is 0 Å². The molecular formula is C19H21N5. The molecule has 0 radical (unpaired) electrons. The van der Waals surface area contributed by atoms with E-state index in [1.54, 1.807) is 0 Å². The molecule has 1 aliphatic rings. The molecule has 1 heterocycles. The Bertz CT molecular complexity index is 859. The van der Waals surface area contributed by atoms with Gasteiger partial charge in [0.2, 0.25) is 0 Å². The topological polar surface area (TPSA) is 68.2 Å². The summed E-state index contributed by atoms with van der Waals surface area (Å²) in [6, 6.07) is 17.2. The Kier molecular flexibility index (Phi) is 3.91. The van der Waals surface area contributed by atoms with Crippen LogP contribution >= 0.6 is 0 Å². The van der Waals surface area contributed by atoms with Crippen molar-refractivity contribution in [1.29, 1.82) is 0 Å². The number of nitrogens with one attached hydrogen (secondary N) is 1. The molecule has 0 saturated heterocycles. The van der Waals surface area contributed by atoms with Gasteiger partial charge in [0.15, 0.2) is 5.96 Å². The van der Waals surface area contributed by atoms with E-state index in [0.717, 1.165) is 23.1 Å². The van der Waals surface area contributed by atoms with Crippen LogP contribution in [0.1, 0.15) is 24.0 Å². The molecule has 1 aromatic heterocycles. The number of para-hydroxylation sites is 2. The summed E-state index contributed by atoms with van der Waals surface area (Å²) >= 11 is 0. The van der Waals surface area contributed by atoms with E-state index in [2.05, 4.69) is 50.2 Å². The van der Waals surface area contributed by atoms with Crippen LogP contribution in [-0.4, -0.2) is 21.6 Å². The van der Waals surface area contributed by atoms with Crippen molar-refractivity contribution < 1.29 is 0 Å². The summed E-state index contributed by atoms with van der Waals surface area (Å²) in [6.45, 7) is 1.43. The summed E-state index contributed by atoms with van der Waals surface area (Å²) in [7, 11) is 0. The van der Waals surface area contributed by atoms with Crippen LogP contribution in [0.25, 0.3) is 11.0 Å². The van der Waals surface area contributed by atoms with E-state index in [9.17, 15) is 0 Å². The molecule has 2 aromatic carbocycles. The Morgan fingerprint density at radius 3 is 2.67 bits per heavy atom. The Morgan fingerprint density at radius 1 is 1.12 bits per heavy atom. The highest BCUT2D eigenvalue weighted by atomic mass is 15.1. The highest BCUT2D eigenvalue weighted by Crippen LogP contribution is 2.18. The fraction of sp³-hybridized carbons (Fsp3) is 0.263. The van der Waals surface area contributed by atoms with Crippen molar-refractivity contribution in [3.05, 3.63) is 66.0 Å². The first-order valence-electron chi connectivity index (χ1n) is 8.32. The van der Waals surface area contributed by atoms with E-state index in [1.807, 2.05) is 24.5 Å². The fourth-order valence-corrected chi connectivity index (χ4v) is 2.74. The number of imidazole rings is 1. The normalized spacial score (nSPS) is 14.9. The molecule has 0 spiro atoms. The average molecular weight is 319 g/mol. The largest absolute Gasteiger partial charge is 0.370 e. The molecule has 1 fully saturated rings. The monoisotopic (exact) mass is 319 g/mol. The van der Waals surface area contributed by atoms with Crippen LogP contribution < -0.4 is 11.1 Å². The predicted octanol–water partition coefficient (Wildman–Crippen LogP) is 2.65. The molecule has 0 atom stereocenters. The van der Waals surface area contributed by atoms with E-state index in [1.165, 1.54) is 18.4 Å². The van der Waals surface area contributed by atoms with E-state index in [-0.39, 0.29) is 0 Å². The number of benzene rings is 2. The first kappa shape index (κ1) is 14.8. The molecule has 122 valence electrons. The number of hydrogen-bond donors (Lipinski definition) is 2. The SMILES string of the molecule is NC(=NCc1ccc(Cn2cnc3ccccc32)cc1)NC1CC1. The fourth-order valence-electron chi connectivity index (χ4n) is 2.74. The number of fused-ring (bicyclic) bond motifs is 1. The lowest BCUT2D eigenvalue weighted by molar-refractivity contribution is 0.823. The Morgan fingerprint density at radius 2 is 1.88 bits per heavy atom. The van der Waals surface area contributed by atoms with Gasteiger partial charge in [0.1, 0.15) is 0 Å². The van der Waals surface area contributed by atoms with E-state index >= 15 is 0 Å². The zero-order valence-electron chi connectivity index (χ0n) is 13.5. The van der Waals surface area contributed by atoms with Crippen LogP contribution in [0.4, 0.5) is 0 Å². The third-order valence-corrected chi connectivity index (χ3v) is 4.26. The smallest absolute Gasteiger partial charge is 0.189 e. The summed E-state index contributed by atoms with van der Waals surface area (Å²) in [4.78, 5) is 8.82. The first-order chi connectivity index (χ1) is 11.8. The zero-order valence-corrected chi connectivity index (χ0v) is 13.5. The number of aliphatic imine (C=N–C) groups is 1. The van der Waals surface area contributed by atoms with Gasteiger partial charge in [-0.3, -0.25) is 0 Å². The lowest BCUT2D eigenvalue weighted by Gasteiger charge is -2.06. The Balaban J connectivity index is 1.42.